The molecular weight excluding hydrogens is 436 g/mol. The Labute approximate surface area is 198 Å². The van der Waals surface area contributed by atoms with Crippen LogP contribution in [0.5, 0.6) is 0 Å². The molecule has 1 amide bonds. The molecule has 2 aliphatic heterocycles. The average molecular weight is 465 g/mol. The average Bonchev–Trinajstić information content (AvgIpc) is 2.82. The Kier molecular flexibility index (Phi) is 7.13. The predicted octanol–water partition coefficient (Wildman–Crippen LogP) is 4.66. The number of anilines is 1. The van der Waals surface area contributed by atoms with Gasteiger partial charge < -0.3 is 15.0 Å². The molecule has 0 spiro atoms. The summed E-state index contributed by atoms with van der Waals surface area (Å²) in [4.78, 5) is 36.7. The number of carbonyl (C=O) groups is 2. The summed E-state index contributed by atoms with van der Waals surface area (Å²) >= 11 is 1.71. The number of hydrogen-bond acceptors (Lipinski definition) is 7. The highest BCUT2D eigenvalue weighted by molar-refractivity contribution is 8.13. The quantitative estimate of drug-likeness (QED) is 0.626. The van der Waals surface area contributed by atoms with Crippen LogP contribution in [0.4, 0.5) is 5.69 Å². The van der Waals surface area contributed by atoms with Crippen LogP contribution in [0, 0.1) is 5.92 Å². The van der Waals surface area contributed by atoms with Gasteiger partial charge in [-0.15, -0.1) is 0 Å². The van der Waals surface area contributed by atoms with Gasteiger partial charge in [0.15, 0.2) is 5.17 Å². The minimum absolute atomic E-state index is 0.233. The van der Waals surface area contributed by atoms with Crippen molar-refractivity contribution in [1.29, 1.82) is 0 Å². The monoisotopic (exact) mass is 464 g/mol. The molecule has 0 radical (unpaired) electrons. The Hall–Kier alpha value is -3.13. The van der Waals surface area contributed by atoms with Crippen LogP contribution >= 0.6 is 11.8 Å². The van der Waals surface area contributed by atoms with Crippen LogP contribution in [0.1, 0.15) is 49.2 Å². The molecule has 1 N–H and O–H groups in total. The number of allylic oxidation sites excluding steroid dienone is 1. The van der Waals surface area contributed by atoms with Crippen molar-refractivity contribution in [2.45, 2.75) is 33.2 Å². The van der Waals surface area contributed by atoms with Gasteiger partial charge in [-0.05, 0) is 49.1 Å². The number of amidine groups is 1. The Morgan fingerprint density at radius 3 is 2.88 bits per heavy atom. The third-order valence-electron chi connectivity index (χ3n) is 5.41. The number of nitrogens with one attached hydrogen (secondary N) is 1. The van der Waals surface area contributed by atoms with Gasteiger partial charge in [-0.25, -0.2) is 9.79 Å². The Bertz CT molecular complexity index is 1100. The van der Waals surface area contributed by atoms with Gasteiger partial charge in [-0.2, -0.15) is 0 Å². The molecule has 0 aliphatic carbocycles. The molecule has 1 aromatic carbocycles. The van der Waals surface area contributed by atoms with Crippen LogP contribution in [-0.4, -0.2) is 45.8 Å². The maximum atomic E-state index is 13.2. The topological polar surface area (TPSA) is 83.9 Å². The summed E-state index contributed by atoms with van der Waals surface area (Å²) in [5.74, 6) is 0.675. The number of nitrogens with zero attached hydrogens (tertiary/aromatic N) is 3. The minimum atomic E-state index is -0.339. The molecule has 1 unspecified atom stereocenters. The van der Waals surface area contributed by atoms with E-state index < -0.39 is 0 Å². The molecule has 0 saturated carbocycles. The summed E-state index contributed by atoms with van der Waals surface area (Å²) < 4.78 is 5.62. The van der Waals surface area contributed by atoms with Crippen LogP contribution in [0.2, 0.25) is 0 Å². The maximum Gasteiger partial charge on any atom is 0.338 e. The first-order chi connectivity index (χ1) is 15.9. The van der Waals surface area contributed by atoms with Gasteiger partial charge in [0.2, 0.25) is 0 Å². The lowest BCUT2D eigenvalue weighted by Gasteiger charge is -2.40. The zero-order valence-electron chi connectivity index (χ0n) is 19.1. The van der Waals surface area contributed by atoms with Crippen LogP contribution in [0.25, 0.3) is 0 Å². The molecule has 0 bridgehead atoms. The second-order valence-corrected chi connectivity index (χ2v) is 9.57. The SMILES string of the molecule is CC1=C(C(=O)OCC(C)C)C(c2cccc(NC(=O)c3cccnc3)c2)N2CCCSC2=N1. The van der Waals surface area contributed by atoms with Crippen LogP contribution < -0.4 is 5.32 Å². The number of esters is 1. The molecular formula is C25H28N4O3S. The number of aromatic nitrogens is 1. The van der Waals surface area contributed by atoms with Crippen molar-refractivity contribution in [3.63, 3.8) is 0 Å². The van der Waals surface area contributed by atoms with Gasteiger partial charge in [0.1, 0.15) is 0 Å². The summed E-state index contributed by atoms with van der Waals surface area (Å²) in [5, 5.41) is 3.86. The van der Waals surface area contributed by atoms with E-state index in [-0.39, 0.29) is 23.8 Å². The number of benzene rings is 1. The first-order valence-electron chi connectivity index (χ1n) is 11.1. The van der Waals surface area contributed by atoms with Crippen molar-refractivity contribution in [2.24, 2.45) is 10.9 Å². The van der Waals surface area contributed by atoms with Gasteiger partial charge >= 0.3 is 5.97 Å². The van der Waals surface area contributed by atoms with E-state index in [1.165, 1.54) is 6.20 Å². The summed E-state index contributed by atoms with van der Waals surface area (Å²) in [6.45, 7) is 7.05. The van der Waals surface area contributed by atoms with Crippen molar-refractivity contribution in [1.82, 2.24) is 9.88 Å². The molecule has 4 rings (SSSR count). The van der Waals surface area contributed by atoms with E-state index in [0.717, 1.165) is 29.4 Å². The number of amides is 1. The highest BCUT2D eigenvalue weighted by Gasteiger charge is 2.38. The number of thioether (sulfide) groups is 1. The number of aliphatic imine (C=N–C) groups is 1. The first-order valence-corrected chi connectivity index (χ1v) is 12.1. The normalized spacial score (nSPS) is 18.0. The third-order valence-corrected chi connectivity index (χ3v) is 6.49. The Balaban J connectivity index is 1.67. The lowest BCUT2D eigenvalue weighted by atomic mass is 9.94. The van der Waals surface area contributed by atoms with E-state index in [2.05, 4.69) is 15.2 Å². The van der Waals surface area contributed by atoms with Crippen LogP contribution in [-0.2, 0) is 9.53 Å². The van der Waals surface area contributed by atoms with E-state index in [0.29, 0.717) is 29.1 Å². The molecule has 2 aliphatic rings. The predicted molar refractivity (Wildman–Crippen MR) is 131 cm³/mol. The second-order valence-electron chi connectivity index (χ2n) is 8.51. The van der Waals surface area contributed by atoms with Crippen molar-refractivity contribution in [3.8, 4) is 0 Å². The van der Waals surface area contributed by atoms with Gasteiger partial charge in [0.05, 0.1) is 29.5 Å². The van der Waals surface area contributed by atoms with E-state index in [4.69, 9.17) is 9.73 Å². The Morgan fingerprint density at radius 1 is 1.27 bits per heavy atom. The molecule has 1 atom stereocenters. The molecule has 33 heavy (non-hydrogen) atoms. The van der Waals surface area contributed by atoms with Crippen molar-refractivity contribution < 1.29 is 14.3 Å². The Morgan fingerprint density at radius 2 is 2.12 bits per heavy atom. The van der Waals surface area contributed by atoms with E-state index in [1.807, 2.05) is 45.0 Å². The fraction of sp³-hybridized carbons (Fsp3) is 0.360. The molecule has 3 heterocycles. The van der Waals surface area contributed by atoms with Gasteiger partial charge in [0.25, 0.3) is 5.91 Å². The fourth-order valence-corrected chi connectivity index (χ4v) is 4.90. The summed E-state index contributed by atoms with van der Waals surface area (Å²) in [6, 6.07) is 10.8. The maximum absolute atomic E-state index is 13.2. The summed E-state index contributed by atoms with van der Waals surface area (Å²) in [7, 11) is 0. The number of hydrogen-bond donors (Lipinski definition) is 1. The first kappa shape index (κ1) is 23.0. The largest absolute Gasteiger partial charge is 0.462 e. The number of rotatable bonds is 6. The number of ether oxygens (including phenoxy) is 1. The number of pyridine rings is 1. The molecule has 1 aromatic heterocycles. The van der Waals surface area contributed by atoms with E-state index >= 15 is 0 Å². The summed E-state index contributed by atoms with van der Waals surface area (Å²) in [5.41, 5.74) is 3.28. The zero-order valence-corrected chi connectivity index (χ0v) is 19.9. The smallest absolute Gasteiger partial charge is 0.338 e. The lowest BCUT2D eigenvalue weighted by molar-refractivity contribution is -0.140. The van der Waals surface area contributed by atoms with Gasteiger partial charge in [-0.1, -0.05) is 37.7 Å². The van der Waals surface area contributed by atoms with Crippen LogP contribution in [0.3, 0.4) is 0 Å². The van der Waals surface area contributed by atoms with E-state index in [9.17, 15) is 9.59 Å². The lowest BCUT2D eigenvalue weighted by Crippen LogP contribution is -2.42. The number of carbonyl (C=O) groups excluding carboxylic acids is 2. The highest BCUT2D eigenvalue weighted by atomic mass is 32.2. The van der Waals surface area contributed by atoms with Crippen molar-refractivity contribution >= 4 is 34.5 Å². The summed E-state index contributed by atoms with van der Waals surface area (Å²) in [6.07, 6.45) is 4.17. The highest BCUT2D eigenvalue weighted by Crippen LogP contribution is 2.40. The molecule has 7 nitrogen and oxygen atoms in total. The van der Waals surface area contributed by atoms with Crippen LogP contribution in [0.15, 0.2) is 65.1 Å². The third kappa shape index (κ3) is 5.27. The second kappa shape index (κ2) is 10.2. The standard InChI is InChI=1S/C25H28N4O3S/c1-16(2)15-32-24(31)21-17(3)27-25-29(11-6-12-33-25)22(21)18-7-4-9-20(13-18)28-23(30)19-8-5-10-26-14-19/h4-5,7-10,13-14,16,22H,6,11-12,15H2,1-3H3,(H,28,30). The molecule has 172 valence electrons. The molecule has 2 aromatic rings. The minimum Gasteiger partial charge on any atom is -0.462 e. The van der Waals surface area contributed by atoms with Crippen molar-refractivity contribution in [3.05, 3.63) is 71.2 Å². The van der Waals surface area contributed by atoms with Crippen molar-refractivity contribution in [2.75, 3.05) is 24.2 Å². The molecule has 1 saturated heterocycles. The van der Waals surface area contributed by atoms with Gasteiger partial charge in [0, 0.05) is 30.4 Å². The number of fused-ring (bicyclic) bond motifs is 1. The van der Waals surface area contributed by atoms with E-state index in [1.54, 1.807) is 30.1 Å². The van der Waals surface area contributed by atoms with Gasteiger partial charge in [-0.3, -0.25) is 9.78 Å². The molecule has 1 fully saturated rings. The molecule has 8 heteroatoms. The zero-order chi connectivity index (χ0) is 23.4. The fourth-order valence-electron chi connectivity index (χ4n) is 3.88.